The molecule has 1 aromatic heterocycles. The largest absolute Gasteiger partial charge is 0.309 e. The highest BCUT2D eigenvalue weighted by Crippen LogP contribution is 2.30. The second-order valence-corrected chi connectivity index (χ2v) is 7.22. The maximum Gasteiger partial charge on any atom is 0.0302 e. The second kappa shape index (κ2) is 8.06. The van der Waals surface area contributed by atoms with Crippen molar-refractivity contribution < 1.29 is 0 Å². The Morgan fingerprint density at radius 2 is 2.05 bits per heavy atom. The average molecular weight is 279 g/mol. The van der Waals surface area contributed by atoms with E-state index in [1.54, 1.807) is 15.3 Å². The molecule has 1 N–H and O–H groups in total. The lowest BCUT2D eigenvalue weighted by Crippen LogP contribution is -2.24. The number of rotatable bonds is 9. The topological polar surface area (TPSA) is 12.0 Å². The van der Waals surface area contributed by atoms with Gasteiger partial charge in [0.2, 0.25) is 0 Å². The molecule has 0 saturated carbocycles. The maximum atomic E-state index is 3.69. The first-order valence-electron chi connectivity index (χ1n) is 8.13. The normalized spacial score (nSPS) is 15.7. The first-order chi connectivity index (χ1) is 9.29. The molecular formula is C17H29NS. The fourth-order valence-electron chi connectivity index (χ4n) is 2.91. The fourth-order valence-corrected chi connectivity index (χ4v) is 4.12. The molecule has 0 aromatic carbocycles. The van der Waals surface area contributed by atoms with Crippen LogP contribution in [0, 0.1) is 0 Å². The van der Waals surface area contributed by atoms with Crippen molar-refractivity contribution in [2.45, 2.75) is 84.2 Å². The summed E-state index contributed by atoms with van der Waals surface area (Å²) in [7, 11) is 0. The summed E-state index contributed by atoms with van der Waals surface area (Å²) in [6.45, 7) is 5.69. The summed E-state index contributed by atoms with van der Waals surface area (Å²) in [6.07, 6.45) is 12.3. The van der Waals surface area contributed by atoms with Gasteiger partial charge in [-0.1, -0.05) is 39.0 Å². The summed E-state index contributed by atoms with van der Waals surface area (Å²) < 4.78 is 0. The zero-order valence-corrected chi connectivity index (χ0v) is 13.5. The Bertz CT molecular complexity index is 348. The van der Waals surface area contributed by atoms with Crippen LogP contribution in [-0.2, 0) is 19.4 Å². The van der Waals surface area contributed by atoms with Crippen LogP contribution in [0.2, 0.25) is 0 Å². The predicted molar refractivity (Wildman–Crippen MR) is 86.0 cm³/mol. The summed E-state index contributed by atoms with van der Waals surface area (Å²) in [5.74, 6) is 0. The summed E-state index contributed by atoms with van der Waals surface area (Å²) in [5, 5.41) is 3.69. The van der Waals surface area contributed by atoms with Crippen LogP contribution in [-0.4, -0.2) is 6.04 Å². The Morgan fingerprint density at radius 1 is 1.21 bits per heavy atom. The lowest BCUT2D eigenvalue weighted by atomic mass is 10.1. The molecule has 0 fully saturated rings. The smallest absolute Gasteiger partial charge is 0.0302 e. The highest BCUT2D eigenvalue weighted by molar-refractivity contribution is 7.12. The lowest BCUT2D eigenvalue weighted by molar-refractivity contribution is 0.481. The van der Waals surface area contributed by atoms with Crippen molar-refractivity contribution in [2.75, 3.05) is 0 Å². The third-order valence-corrected chi connectivity index (χ3v) is 5.40. The molecule has 0 saturated heterocycles. The van der Waals surface area contributed by atoms with Gasteiger partial charge in [-0.05, 0) is 44.2 Å². The van der Waals surface area contributed by atoms with E-state index in [2.05, 4.69) is 25.2 Å². The fraction of sp³-hybridized carbons (Fsp3) is 0.765. The van der Waals surface area contributed by atoms with Crippen LogP contribution in [0.1, 0.15) is 74.1 Å². The number of unbranched alkanes of at least 4 members (excludes halogenated alkanes) is 4. The highest BCUT2D eigenvalue weighted by Gasteiger charge is 2.14. The Labute approximate surface area is 122 Å². The van der Waals surface area contributed by atoms with Gasteiger partial charge < -0.3 is 5.32 Å². The van der Waals surface area contributed by atoms with Crippen molar-refractivity contribution in [3.63, 3.8) is 0 Å². The summed E-state index contributed by atoms with van der Waals surface area (Å²) in [4.78, 5) is 3.20. The van der Waals surface area contributed by atoms with Crippen molar-refractivity contribution >= 4 is 11.3 Å². The predicted octanol–water partition coefficient (Wildman–Crippen LogP) is 5.08. The molecule has 1 aliphatic rings. The molecule has 108 valence electrons. The van der Waals surface area contributed by atoms with Crippen molar-refractivity contribution in [2.24, 2.45) is 0 Å². The molecule has 1 nitrogen and oxygen atoms in total. The molecule has 2 rings (SSSR count). The molecule has 1 unspecified atom stereocenters. The molecule has 19 heavy (non-hydrogen) atoms. The third-order valence-electron chi connectivity index (χ3n) is 4.16. The van der Waals surface area contributed by atoms with Crippen LogP contribution in [0.3, 0.4) is 0 Å². The van der Waals surface area contributed by atoms with E-state index in [1.165, 1.54) is 57.8 Å². The minimum atomic E-state index is 0.665. The Morgan fingerprint density at radius 3 is 2.84 bits per heavy atom. The quantitative estimate of drug-likeness (QED) is 0.622. The van der Waals surface area contributed by atoms with Gasteiger partial charge >= 0.3 is 0 Å². The standard InChI is InChI=1S/C17H29NS/c1-3-4-5-6-7-9-14(2)18-13-16-12-15-10-8-11-17(15)19-16/h12,14,18H,3-11,13H2,1-2H3. The van der Waals surface area contributed by atoms with Crippen LogP contribution in [0.15, 0.2) is 6.07 Å². The number of aryl methyl sites for hydroxylation is 2. The van der Waals surface area contributed by atoms with E-state index < -0.39 is 0 Å². The van der Waals surface area contributed by atoms with Gasteiger partial charge in [0.15, 0.2) is 0 Å². The van der Waals surface area contributed by atoms with E-state index in [0.29, 0.717) is 6.04 Å². The van der Waals surface area contributed by atoms with Gasteiger partial charge in [0.25, 0.3) is 0 Å². The zero-order valence-electron chi connectivity index (χ0n) is 12.6. The number of nitrogens with one attached hydrogen (secondary N) is 1. The van der Waals surface area contributed by atoms with Gasteiger partial charge in [0, 0.05) is 22.3 Å². The molecule has 2 heteroatoms. The van der Waals surface area contributed by atoms with Crippen LogP contribution in [0.4, 0.5) is 0 Å². The number of fused-ring (bicyclic) bond motifs is 1. The summed E-state index contributed by atoms with van der Waals surface area (Å²) in [5.41, 5.74) is 1.63. The lowest BCUT2D eigenvalue weighted by Gasteiger charge is -2.12. The van der Waals surface area contributed by atoms with Crippen LogP contribution in [0.25, 0.3) is 0 Å². The van der Waals surface area contributed by atoms with Gasteiger partial charge in [-0.2, -0.15) is 0 Å². The van der Waals surface area contributed by atoms with Crippen molar-refractivity contribution in [1.29, 1.82) is 0 Å². The molecule has 1 aromatic rings. The van der Waals surface area contributed by atoms with E-state index in [0.717, 1.165) is 6.54 Å². The van der Waals surface area contributed by atoms with Gasteiger partial charge in [0.1, 0.15) is 0 Å². The second-order valence-electron chi connectivity index (χ2n) is 6.00. The number of hydrogen-bond donors (Lipinski definition) is 1. The van der Waals surface area contributed by atoms with Crippen LogP contribution < -0.4 is 5.32 Å². The van der Waals surface area contributed by atoms with E-state index >= 15 is 0 Å². The summed E-state index contributed by atoms with van der Waals surface area (Å²) >= 11 is 2.04. The molecule has 1 heterocycles. The maximum absolute atomic E-state index is 3.69. The van der Waals surface area contributed by atoms with Gasteiger partial charge in [-0.25, -0.2) is 0 Å². The van der Waals surface area contributed by atoms with E-state index in [9.17, 15) is 0 Å². The first-order valence-corrected chi connectivity index (χ1v) is 8.95. The Balaban J connectivity index is 1.59. The van der Waals surface area contributed by atoms with Crippen molar-refractivity contribution in [1.82, 2.24) is 5.32 Å². The molecule has 0 aliphatic heterocycles. The molecule has 1 aliphatic carbocycles. The van der Waals surface area contributed by atoms with Crippen LogP contribution in [0.5, 0.6) is 0 Å². The molecule has 0 radical (unpaired) electrons. The van der Waals surface area contributed by atoms with Gasteiger partial charge in [-0.15, -0.1) is 11.3 Å². The van der Waals surface area contributed by atoms with E-state index in [1.807, 2.05) is 11.3 Å². The van der Waals surface area contributed by atoms with E-state index in [-0.39, 0.29) is 0 Å². The molecule has 0 spiro atoms. The minimum Gasteiger partial charge on any atom is -0.309 e. The van der Waals surface area contributed by atoms with E-state index in [4.69, 9.17) is 0 Å². The summed E-state index contributed by atoms with van der Waals surface area (Å²) in [6, 6.07) is 3.10. The number of thiophene rings is 1. The zero-order chi connectivity index (χ0) is 13.5. The monoisotopic (exact) mass is 279 g/mol. The minimum absolute atomic E-state index is 0.665. The SMILES string of the molecule is CCCCCCCC(C)NCc1cc2c(s1)CCC2. The number of hydrogen-bond acceptors (Lipinski definition) is 2. The van der Waals surface area contributed by atoms with Crippen LogP contribution >= 0.6 is 11.3 Å². The molecule has 0 bridgehead atoms. The van der Waals surface area contributed by atoms with Crippen molar-refractivity contribution in [3.05, 3.63) is 21.4 Å². The first kappa shape index (κ1) is 15.1. The molecular weight excluding hydrogens is 250 g/mol. The van der Waals surface area contributed by atoms with Crippen molar-refractivity contribution in [3.8, 4) is 0 Å². The molecule has 1 atom stereocenters. The average Bonchev–Trinajstić information content (AvgIpc) is 2.96. The van der Waals surface area contributed by atoms with Gasteiger partial charge in [-0.3, -0.25) is 0 Å². The molecule has 0 amide bonds. The highest BCUT2D eigenvalue weighted by atomic mass is 32.1. The van der Waals surface area contributed by atoms with Gasteiger partial charge in [0.05, 0.1) is 0 Å². The Hall–Kier alpha value is -0.340. The third kappa shape index (κ3) is 4.92. The Kier molecular flexibility index (Phi) is 6.39.